The fourth-order valence-corrected chi connectivity index (χ4v) is 6.51. The zero-order valence-corrected chi connectivity index (χ0v) is 27.1. The summed E-state index contributed by atoms with van der Waals surface area (Å²) in [6.45, 7) is 10.7. The molecule has 3 aromatic carbocycles. The monoisotopic (exact) mass is 615 g/mol. The third-order valence-corrected chi connectivity index (χ3v) is 9.29. The summed E-state index contributed by atoms with van der Waals surface area (Å²) in [6, 6.07) is 18.7. The van der Waals surface area contributed by atoms with Crippen molar-refractivity contribution in [2.45, 2.75) is 58.0 Å². The van der Waals surface area contributed by atoms with E-state index in [9.17, 15) is 9.59 Å². The number of Topliss-reactive ketones (excluding diaryl/α,β-unsaturated/α-hetero) is 1. The van der Waals surface area contributed by atoms with Crippen molar-refractivity contribution >= 4 is 34.7 Å². The molecule has 234 valence electrons. The van der Waals surface area contributed by atoms with Gasteiger partial charge in [0.25, 0.3) is 5.91 Å². The van der Waals surface area contributed by atoms with Crippen molar-refractivity contribution in [3.8, 4) is 0 Å². The van der Waals surface area contributed by atoms with Crippen LogP contribution in [0.1, 0.15) is 75.6 Å². The van der Waals surface area contributed by atoms with Crippen LogP contribution in [-0.2, 0) is 0 Å². The second-order valence-corrected chi connectivity index (χ2v) is 12.8. The Morgan fingerprint density at radius 3 is 2.45 bits per heavy atom. The number of ketones is 1. The van der Waals surface area contributed by atoms with E-state index in [0.29, 0.717) is 28.3 Å². The molecule has 1 saturated heterocycles. The van der Waals surface area contributed by atoms with Crippen LogP contribution in [0.5, 0.6) is 0 Å². The predicted molar refractivity (Wildman–Crippen MR) is 181 cm³/mol. The molecule has 3 N–H and O–H groups in total. The van der Waals surface area contributed by atoms with E-state index in [0.717, 1.165) is 41.8 Å². The number of anilines is 2. The van der Waals surface area contributed by atoms with Gasteiger partial charge >= 0.3 is 0 Å². The van der Waals surface area contributed by atoms with E-state index in [1.807, 2.05) is 74.5 Å². The number of fused-ring (bicyclic) bond motifs is 1. The van der Waals surface area contributed by atoms with Gasteiger partial charge in [-0.2, -0.15) is 0 Å². The minimum atomic E-state index is -0.351. The predicted octanol–water partition coefficient (Wildman–Crippen LogP) is 6.71. The smallest absolute Gasteiger partial charge is 0.255 e. The summed E-state index contributed by atoms with van der Waals surface area (Å²) >= 11 is 6.43. The Hall–Kier alpha value is -3.23. The molecule has 0 saturated carbocycles. The Kier molecular flexibility index (Phi) is 11.1. The molecule has 2 heterocycles. The fraction of sp³-hybridized carbons (Fsp3) is 0.444. The number of nitrogens with one attached hydrogen (secondary N) is 3. The number of likely N-dealkylation sites (N-methyl/N-ethyl adjacent to an activating group) is 1. The summed E-state index contributed by atoms with van der Waals surface area (Å²) in [6.07, 6.45) is 5.10. The van der Waals surface area contributed by atoms with Gasteiger partial charge in [0.1, 0.15) is 0 Å². The largest absolute Gasteiger partial charge is 0.375 e. The molecule has 5 rings (SSSR count). The molecular formula is C36H46ClN5O2. The van der Waals surface area contributed by atoms with Gasteiger partial charge in [-0.3, -0.25) is 9.59 Å². The minimum absolute atomic E-state index is 0.0599. The maximum Gasteiger partial charge on any atom is 0.255 e. The molecule has 7 nitrogen and oxygen atoms in total. The van der Waals surface area contributed by atoms with Crippen molar-refractivity contribution in [3.63, 3.8) is 0 Å². The molecule has 0 aliphatic carbocycles. The van der Waals surface area contributed by atoms with Crippen molar-refractivity contribution in [2.24, 2.45) is 0 Å². The second kappa shape index (κ2) is 15.2. The number of benzene rings is 3. The van der Waals surface area contributed by atoms with E-state index in [4.69, 9.17) is 11.6 Å². The molecule has 2 aliphatic rings. The van der Waals surface area contributed by atoms with Crippen LogP contribution in [0, 0.1) is 13.8 Å². The number of carbonyl (C=O) groups is 2. The molecule has 2 aliphatic heterocycles. The average molecular weight is 616 g/mol. The van der Waals surface area contributed by atoms with Crippen LogP contribution < -0.4 is 16.0 Å². The first-order valence-corrected chi connectivity index (χ1v) is 16.4. The topological polar surface area (TPSA) is 76.7 Å². The quantitative estimate of drug-likeness (QED) is 0.164. The maximum absolute atomic E-state index is 13.8. The number of nitrogens with zero attached hydrogens (tertiary/aromatic N) is 2. The molecule has 2 unspecified atom stereocenters. The van der Waals surface area contributed by atoms with Gasteiger partial charge in [-0.05, 0) is 119 Å². The van der Waals surface area contributed by atoms with Gasteiger partial charge < -0.3 is 25.8 Å². The molecule has 0 radical (unpaired) electrons. The molecule has 2 atom stereocenters. The average Bonchev–Trinajstić information content (AvgIpc) is 3.19. The zero-order chi connectivity index (χ0) is 31.1. The van der Waals surface area contributed by atoms with E-state index in [-0.39, 0.29) is 23.8 Å². The number of hydrogen-bond donors (Lipinski definition) is 3. The Bertz CT molecular complexity index is 1450. The first-order valence-electron chi connectivity index (χ1n) is 16.0. The van der Waals surface area contributed by atoms with Crippen LogP contribution >= 0.6 is 11.6 Å². The van der Waals surface area contributed by atoms with Gasteiger partial charge in [0.2, 0.25) is 0 Å². The zero-order valence-electron chi connectivity index (χ0n) is 26.3. The third-order valence-electron chi connectivity index (χ3n) is 9.06. The van der Waals surface area contributed by atoms with Gasteiger partial charge in [-0.25, -0.2) is 0 Å². The summed E-state index contributed by atoms with van der Waals surface area (Å²) in [4.78, 5) is 31.6. The van der Waals surface area contributed by atoms with Gasteiger partial charge in [0, 0.05) is 59.7 Å². The second-order valence-electron chi connectivity index (χ2n) is 12.4. The fourth-order valence-electron chi connectivity index (χ4n) is 6.33. The Morgan fingerprint density at radius 1 is 0.886 bits per heavy atom. The van der Waals surface area contributed by atoms with Crippen molar-refractivity contribution in [2.75, 3.05) is 56.9 Å². The lowest BCUT2D eigenvalue weighted by Gasteiger charge is -2.32. The SMILES string of the molecule is Cc1ccccc1C(=O)Nc1ccc(C(=O)C2CCC(NCCCCCN3CCN(C)CC3)c3cc(Cl)ccc3N2)c(C)c1. The van der Waals surface area contributed by atoms with Crippen molar-refractivity contribution in [3.05, 3.63) is 93.5 Å². The molecule has 0 aromatic heterocycles. The Labute approximate surface area is 267 Å². The lowest BCUT2D eigenvalue weighted by molar-refractivity contribution is 0.0963. The van der Waals surface area contributed by atoms with Crippen LogP contribution in [-0.4, -0.2) is 73.8 Å². The van der Waals surface area contributed by atoms with E-state index >= 15 is 0 Å². The number of piperazine rings is 1. The molecular weight excluding hydrogens is 570 g/mol. The minimum Gasteiger partial charge on any atom is -0.375 e. The van der Waals surface area contributed by atoms with Crippen LogP contribution in [0.3, 0.4) is 0 Å². The van der Waals surface area contributed by atoms with Gasteiger partial charge in [-0.1, -0.05) is 36.2 Å². The first-order chi connectivity index (χ1) is 21.3. The number of unbranched alkanes of at least 4 members (excludes halogenated alkanes) is 2. The Morgan fingerprint density at radius 2 is 1.68 bits per heavy atom. The highest BCUT2D eigenvalue weighted by Gasteiger charge is 2.29. The number of rotatable bonds is 11. The first kappa shape index (κ1) is 32.2. The molecule has 8 heteroatoms. The highest BCUT2D eigenvalue weighted by atomic mass is 35.5. The highest BCUT2D eigenvalue weighted by molar-refractivity contribution is 6.30. The molecule has 0 bridgehead atoms. The van der Waals surface area contributed by atoms with Crippen LogP contribution in [0.4, 0.5) is 11.4 Å². The third kappa shape index (κ3) is 8.27. The van der Waals surface area contributed by atoms with E-state index in [1.54, 1.807) is 0 Å². The van der Waals surface area contributed by atoms with E-state index in [2.05, 4.69) is 32.8 Å². The summed E-state index contributed by atoms with van der Waals surface area (Å²) in [5, 5.41) is 11.0. The molecule has 0 spiro atoms. The van der Waals surface area contributed by atoms with Crippen LogP contribution in [0.25, 0.3) is 0 Å². The standard InChI is InChI=1S/C36H46ClN5O2/c1-25-9-5-6-10-30(25)36(44)39-28-12-13-29(26(2)23-28)35(43)34-16-15-32(31-24-27(37)11-14-33(31)40-34)38-17-7-4-8-18-42-21-19-41(3)20-22-42/h5-6,9-14,23-24,32,34,38,40H,4,7-8,15-22H2,1-3H3,(H,39,44). The molecule has 44 heavy (non-hydrogen) atoms. The number of aryl methyl sites for hydroxylation is 2. The van der Waals surface area contributed by atoms with Crippen molar-refractivity contribution in [1.29, 1.82) is 0 Å². The van der Waals surface area contributed by atoms with Gasteiger partial charge in [0.05, 0.1) is 6.04 Å². The van der Waals surface area contributed by atoms with Crippen molar-refractivity contribution < 1.29 is 9.59 Å². The summed E-state index contributed by atoms with van der Waals surface area (Å²) in [7, 11) is 2.20. The maximum atomic E-state index is 13.8. The van der Waals surface area contributed by atoms with Crippen molar-refractivity contribution in [1.82, 2.24) is 15.1 Å². The van der Waals surface area contributed by atoms with Crippen LogP contribution in [0.2, 0.25) is 5.02 Å². The van der Waals surface area contributed by atoms with Gasteiger partial charge in [0.15, 0.2) is 5.78 Å². The lowest BCUT2D eigenvalue weighted by atomic mass is 9.95. The Balaban J connectivity index is 1.18. The summed E-state index contributed by atoms with van der Waals surface area (Å²) in [5.41, 5.74) is 5.82. The summed E-state index contributed by atoms with van der Waals surface area (Å²) in [5.74, 6) is -0.0967. The normalized spacial score (nSPS) is 19.1. The lowest BCUT2D eigenvalue weighted by Crippen LogP contribution is -2.44. The molecule has 3 aromatic rings. The highest BCUT2D eigenvalue weighted by Crippen LogP contribution is 2.34. The summed E-state index contributed by atoms with van der Waals surface area (Å²) < 4.78 is 0. The molecule has 1 fully saturated rings. The van der Waals surface area contributed by atoms with E-state index in [1.165, 1.54) is 45.6 Å². The van der Waals surface area contributed by atoms with Crippen LogP contribution in [0.15, 0.2) is 60.7 Å². The molecule has 1 amide bonds. The number of halogens is 1. The number of carbonyl (C=O) groups excluding carboxylic acids is 2. The van der Waals surface area contributed by atoms with Gasteiger partial charge in [-0.15, -0.1) is 0 Å². The van der Waals surface area contributed by atoms with E-state index < -0.39 is 0 Å². The number of amides is 1. The number of hydrogen-bond acceptors (Lipinski definition) is 6.